The van der Waals surface area contributed by atoms with Crippen LogP contribution in [0.2, 0.25) is 0 Å². The van der Waals surface area contributed by atoms with Gasteiger partial charge < -0.3 is 10.2 Å². The molecule has 24 heavy (non-hydrogen) atoms. The third-order valence-electron chi connectivity index (χ3n) is 6.68. The Bertz CT molecular complexity index is 558. The Hall–Kier alpha value is -0.870. The Kier molecular flexibility index (Phi) is 4.70. The average molecular weight is 331 g/mol. The van der Waals surface area contributed by atoms with Crippen LogP contribution in [0.5, 0.6) is 0 Å². The van der Waals surface area contributed by atoms with Crippen LogP contribution in [0.25, 0.3) is 0 Å². The van der Waals surface area contributed by atoms with Crippen LogP contribution in [-0.2, 0) is 6.54 Å². The molecule has 0 unspecified atom stereocenters. The second-order valence-electron chi connectivity index (χ2n) is 8.72. The summed E-state index contributed by atoms with van der Waals surface area (Å²) in [7, 11) is 0. The van der Waals surface area contributed by atoms with E-state index in [1.165, 1.54) is 76.8 Å². The fourth-order valence-electron chi connectivity index (χ4n) is 5.06. The summed E-state index contributed by atoms with van der Waals surface area (Å²) in [5.41, 5.74) is 2.93. The van der Waals surface area contributed by atoms with Gasteiger partial charge in [-0.1, -0.05) is 6.42 Å². The molecule has 3 heterocycles. The van der Waals surface area contributed by atoms with Gasteiger partial charge in [-0.3, -0.25) is 4.68 Å². The van der Waals surface area contributed by atoms with Crippen LogP contribution in [-0.4, -0.2) is 46.9 Å². The van der Waals surface area contributed by atoms with Crippen molar-refractivity contribution in [3.63, 3.8) is 0 Å². The predicted octanol–water partition coefficient (Wildman–Crippen LogP) is 3.13. The van der Waals surface area contributed by atoms with Gasteiger partial charge in [0.15, 0.2) is 0 Å². The summed E-state index contributed by atoms with van der Waals surface area (Å²) >= 11 is 0. The van der Waals surface area contributed by atoms with Crippen LogP contribution in [0.3, 0.4) is 0 Å². The molecule has 4 rings (SSSR count). The molecular weight excluding hydrogens is 296 g/mol. The number of piperidine rings is 2. The molecule has 4 heteroatoms. The van der Waals surface area contributed by atoms with Gasteiger partial charge in [-0.05, 0) is 84.0 Å². The first-order chi connectivity index (χ1) is 11.7. The summed E-state index contributed by atoms with van der Waals surface area (Å²) in [6, 6.07) is 3.06. The largest absolute Gasteiger partial charge is 0.316 e. The van der Waals surface area contributed by atoms with Gasteiger partial charge in [0.1, 0.15) is 0 Å². The van der Waals surface area contributed by atoms with E-state index in [2.05, 4.69) is 39.9 Å². The molecule has 0 spiro atoms. The Balaban J connectivity index is 1.28. The Labute approximate surface area is 147 Å². The lowest BCUT2D eigenvalue weighted by atomic mass is 9.83. The van der Waals surface area contributed by atoms with Gasteiger partial charge >= 0.3 is 0 Å². The molecule has 1 aromatic rings. The lowest BCUT2D eigenvalue weighted by Gasteiger charge is -2.44. The number of rotatable bonds is 6. The highest BCUT2D eigenvalue weighted by Crippen LogP contribution is 2.46. The highest BCUT2D eigenvalue weighted by molar-refractivity contribution is 5.08. The summed E-state index contributed by atoms with van der Waals surface area (Å²) in [4.78, 5) is 2.78. The van der Waals surface area contributed by atoms with Gasteiger partial charge in [-0.2, -0.15) is 5.10 Å². The van der Waals surface area contributed by atoms with Crippen LogP contribution in [0.15, 0.2) is 6.07 Å². The van der Waals surface area contributed by atoms with E-state index >= 15 is 0 Å². The minimum Gasteiger partial charge on any atom is -0.316 e. The number of hydrogen-bond acceptors (Lipinski definition) is 3. The van der Waals surface area contributed by atoms with Crippen LogP contribution < -0.4 is 5.32 Å². The van der Waals surface area contributed by atoms with Gasteiger partial charge in [0.05, 0.1) is 5.69 Å². The molecule has 0 bridgehead atoms. The first-order valence-corrected chi connectivity index (χ1v) is 10.1. The number of aryl methyl sites for hydroxylation is 2. The van der Waals surface area contributed by atoms with Crippen LogP contribution in [0, 0.1) is 25.2 Å². The average Bonchev–Trinajstić information content (AvgIpc) is 3.26. The molecule has 2 atom stereocenters. The first kappa shape index (κ1) is 16.6. The second kappa shape index (κ2) is 6.80. The standard InChI is InChI=1S/C20H34N4/c1-16-12-17(2)24(22-16)15-20(8-9-20)14-21-13-18-6-5-11-23-10-4-3-7-19(18)23/h12,18-19,21H,3-11,13-15H2,1-2H3/t18-,19+/m0/s1. The molecule has 4 nitrogen and oxygen atoms in total. The Morgan fingerprint density at radius 1 is 1.17 bits per heavy atom. The zero-order chi connectivity index (χ0) is 16.6. The summed E-state index contributed by atoms with van der Waals surface area (Å²) in [5.74, 6) is 0.878. The second-order valence-corrected chi connectivity index (χ2v) is 8.72. The van der Waals surface area contributed by atoms with Crippen LogP contribution in [0.4, 0.5) is 0 Å². The third kappa shape index (κ3) is 3.55. The van der Waals surface area contributed by atoms with E-state index in [-0.39, 0.29) is 0 Å². The van der Waals surface area contributed by atoms with Gasteiger partial charge in [0, 0.05) is 30.2 Å². The quantitative estimate of drug-likeness (QED) is 0.870. The zero-order valence-electron chi connectivity index (χ0n) is 15.6. The molecule has 134 valence electrons. The van der Waals surface area contributed by atoms with Crippen LogP contribution >= 0.6 is 0 Å². The van der Waals surface area contributed by atoms with Gasteiger partial charge in [0.25, 0.3) is 0 Å². The summed E-state index contributed by atoms with van der Waals surface area (Å²) in [5, 5.41) is 8.54. The van der Waals surface area contributed by atoms with Crippen LogP contribution in [0.1, 0.15) is 56.3 Å². The van der Waals surface area contributed by atoms with E-state index in [0.29, 0.717) is 5.41 Å². The van der Waals surface area contributed by atoms with Crippen molar-refractivity contribution in [2.45, 2.75) is 71.4 Å². The molecule has 1 saturated carbocycles. The van der Waals surface area contributed by atoms with Crippen molar-refractivity contribution in [3.05, 3.63) is 17.5 Å². The molecule has 1 aliphatic carbocycles. The highest BCUT2D eigenvalue weighted by atomic mass is 15.3. The number of nitrogens with one attached hydrogen (secondary N) is 1. The number of aromatic nitrogens is 2. The summed E-state index contributed by atoms with van der Waals surface area (Å²) in [6.45, 7) is 10.5. The topological polar surface area (TPSA) is 33.1 Å². The van der Waals surface area contributed by atoms with Crippen molar-refractivity contribution in [2.24, 2.45) is 11.3 Å². The zero-order valence-corrected chi connectivity index (χ0v) is 15.6. The van der Waals surface area contributed by atoms with E-state index in [4.69, 9.17) is 0 Å². The monoisotopic (exact) mass is 330 g/mol. The van der Waals surface area contributed by atoms with E-state index in [1.54, 1.807) is 0 Å². The summed E-state index contributed by atoms with van der Waals surface area (Å²) in [6.07, 6.45) is 9.85. The number of nitrogens with zero attached hydrogens (tertiary/aromatic N) is 3. The lowest BCUT2D eigenvalue weighted by molar-refractivity contribution is 0.0588. The smallest absolute Gasteiger partial charge is 0.0596 e. The maximum absolute atomic E-state index is 4.67. The molecule has 2 aliphatic heterocycles. The molecular formula is C20H34N4. The normalized spacial score (nSPS) is 29.4. The van der Waals surface area contributed by atoms with Crippen molar-refractivity contribution in [1.82, 2.24) is 20.0 Å². The summed E-state index contributed by atoms with van der Waals surface area (Å²) < 4.78 is 2.23. The number of hydrogen-bond donors (Lipinski definition) is 1. The maximum atomic E-state index is 4.67. The highest BCUT2D eigenvalue weighted by Gasteiger charge is 2.43. The van der Waals surface area contributed by atoms with Gasteiger partial charge in [-0.25, -0.2) is 0 Å². The molecule has 2 saturated heterocycles. The van der Waals surface area contributed by atoms with Gasteiger partial charge in [0.2, 0.25) is 0 Å². The van der Waals surface area contributed by atoms with Crippen molar-refractivity contribution in [3.8, 4) is 0 Å². The maximum Gasteiger partial charge on any atom is 0.0596 e. The molecule has 0 aromatic carbocycles. The Morgan fingerprint density at radius 3 is 2.75 bits per heavy atom. The molecule has 3 fully saturated rings. The van der Waals surface area contributed by atoms with Crippen molar-refractivity contribution < 1.29 is 0 Å². The SMILES string of the molecule is Cc1cc(C)n(CC2(CNC[C@@H]3CCCN4CCCC[C@H]34)CC2)n1. The van der Waals surface area contributed by atoms with Crippen molar-refractivity contribution >= 4 is 0 Å². The molecule has 0 amide bonds. The molecule has 3 aliphatic rings. The van der Waals surface area contributed by atoms with Crippen molar-refractivity contribution in [2.75, 3.05) is 26.2 Å². The fraction of sp³-hybridized carbons (Fsp3) is 0.850. The number of fused-ring (bicyclic) bond motifs is 1. The lowest BCUT2D eigenvalue weighted by Crippen LogP contribution is -2.50. The van der Waals surface area contributed by atoms with E-state index in [0.717, 1.165) is 24.2 Å². The predicted molar refractivity (Wildman–Crippen MR) is 98.2 cm³/mol. The first-order valence-electron chi connectivity index (χ1n) is 10.1. The Morgan fingerprint density at radius 2 is 2.00 bits per heavy atom. The molecule has 0 radical (unpaired) electrons. The minimum absolute atomic E-state index is 0.476. The minimum atomic E-state index is 0.476. The fourth-order valence-corrected chi connectivity index (χ4v) is 5.06. The molecule has 1 aromatic heterocycles. The van der Waals surface area contributed by atoms with Crippen molar-refractivity contribution in [1.29, 1.82) is 0 Å². The van der Waals surface area contributed by atoms with Gasteiger partial charge in [-0.15, -0.1) is 0 Å². The van der Waals surface area contributed by atoms with E-state index < -0.39 is 0 Å². The van der Waals surface area contributed by atoms with E-state index in [9.17, 15) is 0 Å². The third-order valence-corrected chi connectivity index (χ3v) is 6.68. The van der Waals surface area contributed by atoms with E-state index in [1.807, 2.05) is 0 Å². The molecule has 1 N–H and O–H groups in total.